The molecule has 1 aromatic heterocycles. The third-order valence-corrected chi connectivity index (χ3v) is 5.93. The Morgan fingerprint density at radius 3 is 2.48 bits per heavy atom. The minimum Gasteiger partial charge on any atom is -0.391 e. The maximum Gasteiger partial charge on any atom is 0.229 e. The van der Waals surface area contributed by atoms with Gasteiger partial charge in [0.1, 0.15) is 5.82 Å². The minimum absolute atomic E-state index is 0.162. The molecule has 0 spiro atoms. The number of benzene rings is 1. The lowest BCUT2D eigenvalue weighted by Gasteiger charge is -2.18. The van der Waals surface area contributed by atoms with Gasteiger partial charge in [0, 0.05) is 16.8 Å². The maximum atomic E-state index is 12.2. The lowest BCUT2D eigenvalue weighted by molar-refractivity contribution is 0.177. The van der Waals surface area contributed by atoms with E-state index in [1.54, 1.807) is 44.4 Å². The van der Waals surface area contributed by atoms with Crippen LogP contribution in [0.1, 0.15) is 13.8 Å². The fourth-order valence-electron chi connectivity index (χ4n) is 1.87. The first kappa shape index (κ1) is 19.6. The van der Waals surface area contributed by atoms with E-state index in [4.69, 9.17) is 0 Å². The number of nitrogens with one attached hydrogen (secondary N) is 3. The van der Waals surface area contributed by atoms with Crippen LogP contribution in [0.25, 0.3) is 0 Å². The first-order valence-corrected chi connectivity index (χ1v) is 10.1. The van der Waals surface area contributed by atoms with Crippen molar-refractivity contribution in [3.63, 3.8) is 0 Å². The van der Waals surface area contributed by atoms with Crippen molar-refractivity contribution in [2.45, 2.75) is 30.9 Å². The van der Waals surface area contributed by atoms with Gasteiger partial charge in [0.15, 0.2) is 0 Å². The van der Waals surface area contributed by atoms with E-state index in [9.17, 15) is 9.32 Å². The molecule has 0 amide bonds. The van der Waals surface area contributed by atoms with Crippen LogP contribution in [0.2, 0.25) is 0 Å². The highest BCUT2D eigenvalue weighted by Gasteiger charge is 2.12. The topological polar surface area (TPSA) is 99.2 Å². The van der Waals surface area contributed by atoms with E-state index in [1.807, 2.05) is 6.92 Å². The van der Waals surface area contributed by atoms with Crippen LogP contribution in [0, 0.1) is 0 Å². The van der Waals surface area contributed by atoms with Crippen molar-refractivity contribution in [2.24, 2.45) is 0 Å². The van der Waals surface area contributed by atoms with Crippen LogP contribution in [0.3, 0.4) is 0 Å². The van der Waals surface area contributed by atoms with E-state index in [0.717, 1.165) is 5.69 Å². The van der Waals surface area contributed by atoms with Crippen LogP contribution in [0.5, 0.6) is 0 Å². The van der Waals surface area contributed by atoms with Gasteiger partial charge >= 0.3 is 0 Å². The molecule has 1 heterocycles. The molecule has 2 aromatic rings. The van der Waals surface area contributed by atoms with Gasteiger partial charge in [0.25, 0.3) is 0 Å². The molecule has 9 heteroatoms. The second-order valence-corrected chi connectivity index (χ2v) is 8.68. The zero-order valence-corrected chi connectivity index (χ0v) is 16.7. The second-order valence-electron chi connectivity index (χ2n) is 5.59. The van der Waals surface area contributed by atoms with Crippen molar-refractivity contribution in [1.29, 1.82) is 0 Å². The molecule has 0 bridgehead atoms. The van der Waals surface area contributed by atoms with E-state index < -0.39 is 15.8 Å². The van der Waals surface area contributed by atoms with Gasteiger partial charge in [-0.2, -0.15) is 4.98 Å². The van der Waals surface area contributed by atoms with Crippen molar-refractivity contribution >= 4 is 49.0 Å². The Morgan fingerprint density at radius 1 is 1.28 bits per heavy atom. The summed E-state index contributed by atoms with van der Waals surface area (Å²) in [6.07, 6.45) is 1.11. The number of aliphatic hydroxyl groups excluding tert-OH is 1. The van der Waals surface area contributed by atoms with Gasteiger partial charge in [-0.15, -0.1) is 0 Å². The normalized spacial score (nSPS) is 15.9. The SMILES string of the molecule is C=S(=O)(NC)c1ccc(Nc2ncc(Br)c(N[C@H](C)[C@@H](C)O)n2)cc1. The Balaban J connectivity index is 2.18. The quantitative estimate of drug-likeness (QED) is 0.506. The molecular weight excluding hydrogens is 406 g/mol. The monoisotopic (exact) mass is 427 g/mol. The summed E-state index contributed by atoms with van der Waals surface area (Å²) in [5.74, 6) is 4.66. The summed E-state index contributed by atoms with van der Waals surface area (Å²) < 4.78 is 15.6. The van der Waals surface area contributed by atoms with E-state index in [2.05, 4.69) is 47.1 Å². The smallest absolute Gasteiger partial charge is 0.229 e. The van der Waals surface area contributed by atoms with Gasteiger partial charge in [0.2, 0.25) is 5.95 Å². The average molecular weight is 428 g/mol. The summed E-state index contributed by atoms with van der Waals surface area (Å²) in [6, 6.07) is 6.89. The molecule has 136 valence electrons. The van der Waals surface area contributed by atoms with Crippen molar-refractivity contribution in [1.82, 2.24) is 14.7 Å². The predicted molar refractivity (Wildman–Crippen MR) is 107 cm³/mol. The highest BCUT2D eigenvalue weighted by atomic mass is 79.9. The molecule has 3 atom stereocenters. The lowest BCUT2D eigenvalue weighted by Crippen LogP contribution is -2.28. The van der Waals surface area contributed by atoms with E-state index in [-0.39, 0.29) is 6.04 Å². The van der Waals surface area contributed by atoms with Crippen LogP contribution in [-0.4, -0.2) is 44.3 Å². The molecule has 0 radical (unpaired) electrons. The molecule has 4 N–H and O–H groups in total. The molecule has 7 nitrogen and oxygen atoms in total. The maximum absolute atomic E-state index is 12.2. The Morgan fingerprint density at radius 2 is 1.92 bits per heavy atom. The highest BCUT2D eigenvalue weighted by Crippen LogP contribution is 2.23. The summed E-state index contributed by atoms with van der Waals surface area (Å²) in [5, 5.41) is 15.8. The molecule has 0 fully saturated rings. The lowest BCUT2D eigenvalue weighted by atomic mass is 10.2. The molecule has 0 aliphatic carbocycles. The molecule has 1 aromatic carbocycles. The van der Waals surface area contributed by atoms with Crippen LogP contribution in [0.4, 0.5) is 17.5 Å². The first-order valence-electron chi connectivity index (χ1n) is 7.63. The van der Waals surface area contributed by atoms with Crippen molar-refractivity contribution in [3.05, 3.63) is 34.9 Å². The Kier molecular flexibility index (Phi) is 6.39. The summed E-state index contributed by atoms with van der Waals surface area (Å²) in [6.45, 7) is 3.57. The molecule has 0 aliphatic rings. The van der Waals surface area contributed by atoms with Gasteiger partial charge in [-0.1, -0.05) is 0 Å². The zero-order valence-electron chi connectivity index (χ0n) is 14.3. The van der Waals surface area contributed by atoms with Gasteiger partial charge < -0.3 is 15.7 Å². The van der Waals surface area contributed by atoms with Crippen LogP contribution >= 0.6 is 15.9 Å². The Labute approximate surface area is 156 Å². The van der Waals surface area contributed by atoms with Gasteiger partial charge in [0.05, 0.1) is 26.3 Å². The number of halogens is 1. The van der Waals surface area contributed by atoms with Crippen molar-refractivity contribution in [2.75, 3.05) is 17.7 Å². The third-order valence-electron chi connectivity index (χ3n) is 3.65. The highest BCUT2D eigenvalue weighted by molar-refractivity contribution is 9.10. The average Bonchev–Trinajstić information content (AvgIpc) is 2.58. The number of rotatable bonds is 7. The minimum atomic E-state index is -2.47. The van der Waals surface area contributed by atoms with Crippen molar-refractivity contribution in [3.8, 4) is 0 Å². The van der Waals surface area contributed by atoms with E-state index >= 15 is 0 Å². The number of aliphatic hydroxyl groups is 1. The predicted octanol–water partition coefficient (Wildman–Crippen LogP) is 2.37. The first-order chi connectivity index (χ1) is 11.7. The van der Waals surface area contributed by atoms with Crippen LogP contribution < -0.4 is 15.4 Å². The number of hydrogen-bond donors (Lipinski definition) is 4. The number of hydrogen-bond acceptors (Lipinski definition) is 6. The zero-order chi connectivity index (χ0) is 18.6. The number of nitrogens with zero attached hydrogens (tertiary/aromatic N) is 2. The summed E-state index contributed by atoms with van der Waals surface area (Å²) in [4.78, 5) is 9.24. The number of anilines is 3. The molecule has 25 heavy (non-hydrogen) atoms. The van der Waals surface area contributed by atoms with Gasteiger partial charge in [-0.3, -0.25) is 0 Å². The molecular formula is C16H22BrN5O2S. The van der Waals surface area contributed by atoms with Crippen LogP contribution in [0.15, 0.2) is 39.8 Å². The molecule has 2 rings (SSSR count). The largest absolute Gasteiger partial charge is 0.391 e. The number of aromatic nitrogens is 2. The standard InChI is InChI=1S/C16H22BrN5O2S/c1-10(11(2)23)20-15-14(17)9-19-16(22-15)21-12-5-7-13(8-6-12)25(4,24)18-3/h5-11,23H,4H2,1-3H3,(H,18,24)(H2,19,20,21,22)/t10-,11-,25?/m1/s1. The fraction of sp³-hybridized carbons (Fsp3) is 0.312. The molecule has 0 saturated heterocycles. The van der Waals surface area contributed by atoms with Gasteiger partial charge in [-0.25, -0.2) is 13.9 Å². The van der Waals surface area contributed by atoms with E-state index in [0.29, 0.717) is 21.1 Å². The Hall–Kier alpha value is -1.68. The summed E-state index contributed by atoms with van der Waals surface area (Å²) in [5.41, 5.74) is 0.756. The summed E-state index contributed by atoms with van der Waals surface area (Å²) >= 11 is 3.39. The third kappa shape index (κ3) is 5.15. The van der Waals surface area contributed by atoms with Crippen molar-refractivity contribution < 1.29 is 9.32 Å². The van der Waals surface area contributed by atoms with Gasteiger partial charge in [-0.05, 0) is 67.0 Å². The van der Waals surface area contributed by atoms with E-state index in [1.165, 1.54) is 0 Å². The second kappa shape index (κ2) is 8.13. The molecule has 0 saturated carbocycles. The molecule has 1 unspecified atom stereocenters. The van der Waals surface area contributed by atoms with Crippen LogP contribution in [-0.2, 0) is 9.71 Å². The molecule has 0 aliphatic heterocycles. The fourth-order valence-corrected chi connectivity index (χ4v) is 2.99. The summed E-state index contributed by atoms with van der Waals surface area (Å²) in [7, 11) is -0.860. The Bertz CT molecular complexity index is 825.